The van der Waals surface area contributed by atoms with Crippen molar-refractivity contribution in [2.24, 2.45) is 0 Å². The Kier molecular flexibility index (Phi) is 4.82. The lowest BCUT2D eigenvalue weighted by molar-refractivity contribution is 0.0948. The smallest absolute Gasteiger partial charge is 0.257 e. The van der Waals surface area contributed by atoms with Crippen LogP contribution in [0.2, 0.25) is 0 Å². The van der Waals surface area contributed by atoms with Crippen LogP contribution in [0.3, 0.4) is 0 Å². The summed E-state index contributed by atoms with van der Waals surface area (Å²) in [5.41, 5.74) is 8.95. The number of aryl methyl sites for hydroxylation is 1. The molecular weight excluding hydrogens is 264 g/mol. The van der Waals surface area contributed by atoms with Gasteiger partial charge in [0.1, 0.15) is 11.3 Å². The van der Waals surface area contributed by atoms with E-state index in [-0.39, 0.29) is 5.91 Å². The van der Waals surface area contributed by atoms with E-state index >= 15 is 0 Å². The number of nitrogens with two attached hydrogens (primary N) is 1. The predicted molar refractivity (Wildman–Crippen MR) is 84.4 cm³/mol. The van der Waals surface area contributed by atoms with Gasteiger partial charge in [0.2, 0.25) is 0 Å². The van der Waals surface area contributed by atoms with E-state index in [2.05, 4.69) is 5.32 Å². The van der Waals surface area contributed by atoms with Crippen molar-refractivity contribution in [1.29, 1.82) is 0 Å². The molecule has 2 rings (SSSR count). The van der Waals surface area contributed by atoms with E-state index in [1.54, 1.807) is 18.2 Å². The lowest BCUT2D eigenvalue weighted by Crippen LogP contribution is -2.25. The van der Waals surface area contributed by atoms with Crippen molar-refractivity contribution in [3.05, 3.63) is 59.2 Å². The second-order valence-electron chi connectivity index (χ2n) is 4.76. The second kappa shape index (κ2) is 6.79. The third kappa shape index (κ3) is 3.54. The predicted octanol–water partition coefficient (Wildman–Crippen LogP) is 2.91. The number of nitrogens with one attached hydrogen (secondary N) is 1. The Balaban J connectivity index is 2.16. The highest BCUT2D eigenvalue weighted by atomic mass is 16.5. The number of anilines is 1. The molecule has 1 amide bonds. The molecule has 3 N–H and O–H groups in total. The molecule has 0 aliphatic rings. The van der Waals surface area contributed by atoms with E-state index in [0.29, 0.717) is 30.2 Å². The van der Waals surface area contributed by atoms with Gasteiger partial charge in [-0.05, 0) is 37.1 Å². The molecule has 0 unspecified atom stereocenters. The van der Waals surface area contributed by atoms with E-state index < -0.39 is 0 Å². The summed E-state index contributed by atoms with van der Waals surface area (Å²) in [6, 6.07) is 13.2. The van der Waals surface area contributed by atoms with Crippen molar-refractivity contribution >= 4 is 11.6 Å². The van der Waals surface area contributed by atoms with Crippen LogP contribution in [0.1, 0.15) is 28.4 Å². The minimum Gasteiger partial charge on any atom is -0.493 e. The standard InChI is InChI=1S/C17H20N2O2/c1-3-21-15-10-6-9-14(18)16(15)17(20)19-11-13-8-5-4-7-12(13)2/h4-10H,3,11,18H2,1-2H3,(H,19,20). The zero-order chi connectivity index (χ0) is 15.2. The Morgan fingerprint density at radius 3 is 2.67 bits per heavy atom. The van der Waals surface area contributed by atoms with Crippen molar-refractivity contribution in [2.45, 2.75) is 20.4 Å². The Hall–Kier alpha value is -2.49. The molecule has 0 radical (unpaired) electrons. The molecule has 0 aliphatic carbocycles. The summed E-state index contributed by atoms with van der Waals surface area (Å²) in [5.74, 6) is 0.291. The first-order valence-electron chi connectivity index (χ1n) is 6.97. The molecule has 0 spiro atoms. The molecule has 0 atom stereocenters. The molecule has 0 heterocycles. The Labute approximate surface area is 124 Å². The fraction of sp³-hybridized carbons (Fsp3) is 0.235. The minimum absolute atomic E-state index is 0.222. The first kappa shape index (κ1) is 14.9. The quantitative estimate of drug-likeness (QED) is 0.830. The number of benzene rings is 2. The molecule has 21 heavy (non-hydrogen) atoms. The van der Waals surface area contributed by atoms with Gasteiger partial charge in [-0.1, -0.05) is 30.3 Å². The van der Waals surface area contributed by atoms with Crippen molar-refractivity contribution in [3.63, 3.8) is 0 Å². The number of rotatable bonds is 5. The van der Waals surface area contributed by atoms with Gasteiger partial charge in [-0.15, -0.1) is 0 Å². The maximum absolute atomic E-state index is 12.4. The average Bonchev–Trinajstić information content (AvgIpc) is 2.47. The number of amides is 1. The number of nitrogen functional groups attached to an aromatic ring is 1. The van der Waals surface area contributed by atoms with Crippen molar-refractivity contribution in [2.75, 3.05) is 12.3 Å². The Morgan fingerprint density at radius 2 is 1.95 bits per heavy atom. The summed E-state index contributed by atoms with van der Waals surface area (Å²) in [6.07, 6.45) is 0. The Morgan fingerprint density at radius 1 is 1.19 bits per heavy atom. The summed E-state index contributed by atoms with van der Waals surface area (Å²) >= 11 is 0. The summed E-state index contributed by atoms with van der Waals surface area (Å²) in [6.45, 7) is 4.84. The van der Waals surface area contributed by atoms with Gasteiger partial charge in [-0.2, -0.15) is 0 Å². The summed E-state index contributed by atoms with van der Waals surface area (Å²) in [7, 11) is 0. The van der Waals surface area contributed by atoms with Crippen LogP contribution >= 0.6 is 0 Å². The van der Waals surface area contributed by atoms with Crippen LogP contribution in [0.25, 0.3) is 0 Å². The van der Waals surface area contributed by atoms with E-state index in [1.165, 1.54) is 0 Å². The molecule has 0 aromatic heterocycles. The van der Waals surface area contributed by atoms with Crippen molar-refractivity contribution < 1.29 is 9.53 Å². The van der Waals surface area contributed by atoms with Crippen molar-refractivity contribution in [3.8, 4) is 5.75 Å². The van der Waals surface area contributed by atoms with Gasteiger partial charge in [0.15, 0.2) is 0 Å². The molecule has 2 aromatic carbocycles. The fourth-order valence-corrected chi connectivity index (χ4v) is 2.14. The first-order chi connectivity index (χ1) is 10.1. The summed E-state index contributed by atoms with van der Waals surface area (Å²) < 4.78 is 5.47. The number of carbonyl (C=O) groups excluding carboxylic acids is 1. The van der Waals surface area contributed by atoms with E-state index in [4.69, 9.17) is 10.5 Å². The highest BCUT2D eigenvalue weighted by molar-refractivity contribution is 6.01. The van der Waals surface area contributed by atoms with E-state index in [1.807, 2.05) is 38.1 Å². The molecule has 110 valence electrons. The zero-order valence-corrected chi connectivity index (χ0v) is 12.3. The SMILES string of the molecule is CCOc1cccc(N)c1C(=O)NCc1ccccc1C. The maximum Gasteiger partial charge on any atom is 0.257 e. The third-order valence-electron chi connectivity index (χ3n) is 3.29. The van der Waals surface area contributed by atoms with Crippen LogP contribution in [-0.2, 0) is 6.54 Å². The lowest BCUT2D eigenvalue weighted by atomic mass is 10.1. The minimum atomic E-state index is -0.222. The van der Waals surface area contributed by atoms with Crippen molar-refractivity contribution in [1.82, 2.24) is 5.32 Å². The number of hydrogen-bond donors (Lipinski definition) is 2. The lowest BCUT2D eigenvalue weighted by Gasteiger charge is -2.13. The van der Waals surface area contributed by atoms with Gasteiger partial charge in [0.05, 0.1) is 6.61 Å². The monoisotopic (exact) mass is 284 g/mol. The van der Waals surface area contributed by atoms with Crippen LogP contribution in [0.4, 0.5) is 5.69 Å². The zero-order valence-electron chi connectivity index (χ0n) is 12.3. The molecule has 0 fully saturated rings. The van der Waals surface area contributed by atoms with Gasteiger partial charge in [0.25, 0.3) is 5.91 Å². The highest BCUT2D eigenvalue weighted by Crippen LogP contribution is 2.24. The number of hydrogen-bond acceptors (Lipinski definition) is 3. The molecule has 0 saturated carbocycles. The molecule has 4 heteroatoms. The van der Waals surface area contributed by atoms with Crippen LogP contribution < -0.4 is 15.8 Å². The van der Waals surface area contributed by atoms with Crippen LogP contribution in [0, 0.1) is 6.92 Å². The Bertz CT molecular complexity index is 638. The fourth-order valence-electron chi connectivity index (χ4n) is 2.14. The molecular formula is C17H20N2O2. The summed E-state index contributed by atoms with van der Waals surface area (Å²) in [5, 5.41) is 2.90. The van der Waals surface area contributed by atoms with Crippen LogP contribution in [0.5, 0.6) is 5.75 Å². The number of ether oxygens (including phenoxy) is 1. The average molecular weight is 284 g/mol. The maximum atomic E-state index is 12.4. The van der Waals surface area contributed by atoms with Gasteiger partial charge < -0.3 is 15.8 Å². The molecule has 0 saturated heterocycles. The highest BCUT2D eigenvalue weighted by Gasteiger charge is 2.15. The normalized spacial score (nSPS) is 10.2. The third-order valence-corrected chi connectivity index (χ3v) is 3.29. The number of carbonyl (C=O) groups is 1. The molecule has 0 bridgehead atoms. The van der Waals surface area contributed by atoms with E-state index in [0.717, 1.165) is 11.1 Å². The molecule has 4 nitrogen and oxygen atoms in total. The van der Waals surface area contributed by atoms with Gasteiger partial charge in [-0.25, -0.2) is 0 Å². The topological polar surface area (TPSA) is 64.3 Å². The molecule has 2 aromatic rings. The summed E-state index contributed by atoms with van der Waals surface area (Å²) in [4.78, 5) is 12.4. The first-order valence-corrected chi connectivity index (χ1v) is 6.97. The second-order valence-corrected chi connectivity index (χ2v) is 4.76. The van der Waals surface area contributed by atoms with Gasteiger partial charge in [-0.3, -0.25) is 4.79 Å². The van der Waals surface area contributed by atoms with Crippen LogP contribution in [0.15, 0.2) is 42.5 Å². The van der Waals surface area contributed by atoms with Gasteiger partial charge >= 0.3 is 0 Å². The van der Waals surface area contributed by atoms with Crippen LogP contribution in [-0.4, -0.2) is 12.5 Å². The molecule has 0 aliphatic heterocycles. The van der Waals surface area contributed by atoms with E-state index in [9.17, 15) is 4.79 Å². The largest absolute Gasteiger partial charge is 0.493 e. The van der Waals surface area contributed by atoms with Gasteiger partial charge in [0, 0.05) is 12.2 Å².